The Morgan fingerprint density at radius 1 is 0.919 bits per heavy atom. The Hall–Kier alpha value is -3.80. The van der Waals surface area contributed by atoms with Crippen LogP contribution in [0, 0.1) is 6.92 Å². The Balaban J connectivity index is 1.72. The molecule has 2 atom stereocenters. The molecule has 37 heavy (non-hydrogen) atoms. The van der Waals surface area contributed by atoms with E-state index < -0.39 is 46.3 Å². The zero-order valence-corrected chi connectivity index (χ0v) is 21.2. The Kier molecular flexibility index (Phi) is 9.34. The lowest BCUT2D eigenvalue weighted by Gasteiger charge is -2.22. The van der Waals surface area contributed by atoms with Crippen LogP contribution in [0.25, 0.3) is 10.8 Å². The van der Waals surface area contributed by atoms with Gasteiger partial charge in [0.2, 0.25) is 21.8 Å². The maximum Gasteiger partial charge on any atom is 0.305 e. The van der Waals surface area contributed by atoms with Crippen molar-refractivity contribution in [2.75, 3.05) is 13.7 Å². The SMILES string of the molecule is COC[C@H](NC(=O)[C@H](CC(=O)O)NS(=O)(=O)c1ccc(C)cc1)C(=O)NCc1cccc2ccccc12. The molecule has 3 aromatic rings. The average Bonchev–Trinajstić information content (AvgIpc) is 2.86. The highest BCUT2D eigenvalue weighted by molar-refractivity contribution is 7.89. The third-order valence-electron chi connectivity index (χ3n) is 5.62. The van der Waals surface area contributed by atoms with Crippen LogP contribution >= 0.6 is 0 Å². The summed E-state index contributed by atoms with van der Waals surface area (Å²) in [6.07, 6.45) is -0.825. The normalized spacial score (nSPS) is 13.0. The number of methoxy groups -OCH3 is 1. The quantitative estimate of drug-likeness (QED) is 0.280. The van der Waals surface area contributed by atoms with E-state index >= 15 is 0 Å². The van der Waals surface area contributed by atoms with Crippen molar-refractivity contribution in [2.45, 2.75) is 36.9 Å². The number of rotatable bonds is 12. The Morgan fingerprint density at radius 2 is 1.59 bits per heavy atom. The predicted octanol–water partition coefficient (Wildman–Crippen LogP) is 1.72. The molecule has 3 rings (SSSR count). The van der Waals surface area contributed by atoms with Crippen molar-refractivity contribution in [1.82, 2.24) is 15.4 Å². The molecule has 0 aliphatic heterocycles. The van der Waals surface area contributed by atoms with E-state index in [0.29, 0.717) is 0 Å². The molecule has 3 aromatic carbocycles. The van der Waals surface area contributed by atoms with Gasteiger partial charge in [-0.1, -0.05) is 60.2 Å². The fourth-order valence-corrected chi connectivity index (χ4v) is 4.90. The topological polar surface area (TPSA) is 151 Å². The molecular formula is C26H29N3O7S. The molecule has 11 heteroatoms. The van der Waals surface area contributed by atoms with E-state index in [0.717, 1.165) is 21.9 Å². The van der Waals surface area contributed by atoms with Crippen LogP contribution < -0.4 is 15.4 Å². The van der Waals surface area contributed by atoms with E-state index in [1.54, 1.807) is 19.1 Å². The molecule has 0 aliphatic carbocycles. The highest BCUT2D eigenvalue weighted by Gasteiger charge is 2.31. The lowest BCUT2D eigenvalue weighted by atomic mass is 10.0. The summed E-state index contributed by atoms with van der Waals surface area (Å²) in [5.41, 5.74) is 1.69. The number of carbonyl (C=O) groups is 3. The van der Waals surface area contributed by atoms with Gasteiger partial charge in [0.15, 0.2) is 0 Å². The first-order chi connectivity index (χ1) is 17.6. The Morgan fingerprint density at radius 3 is 2.27 bits per heavy atom. The molecule has 196 valence electrons. The van der Waals surface area contributed by atoms with Gasteiger partial charge in [-0.3, -0.25) is 14.4 Å². The van der Waals surface area contributed by atoms with Crippen molar-refractivity contribution in [3.05, 3.63) is 77.9 Å². The zero-order chi connectivity index (χ0) is 27.0. The molecule has 0 saturated heterocycles. The Labute approximate surface area is 215 Å². The van der Waals surface area contributed by atoms with Crippen molar-refractivity contribution >= 4 is 38.6 Å². The number of benzene rings is 3. The number of carboxylic acids is 1. The second-order valence-electron chi connectivity index (χ2n) is 8.46. The summed E-state index contributed by atoms with van der Waals surface area (Å²) in [4.78, 5) is 37.1. The number of carbonyl (C=O) groups excluding carboxylic acids is 2. The maximum absolute atomic E-state index is 12.9. The first kappa shape index (κ1) is 27.8. The largest absolute Gasteiger partial charge is 0.481 e. The monoisotopic (exact) mass is 527 g/mol. The van der Waals surface area contributed by atoms with Crippen LogP contribution in [0.3, 0.4) is 0 Å². The average molecular weight is 528 g/mol. The van der Waals surface area contributed by atoms with Crippen molar-refractivity contribution < 1.29 is 32.6 Å². The molecule has 0 aliphatic rings. The van der Waals surface area contributed by atoms with E-state index in [1.165, 1.54) is 19.2 Å². The number of carboxylic acid groups (broad SMARTS) is 1. The first-order valence-electron chi connectivity index (χ1n) is 11.4. The van der Waals surface area contributed by atoms with Gasteiger partial charge in [0.1, 0.15) is 12.1 Å². The summed E-state index contributed by atoms with van der Waals surface area (Å²) in [6.45, 7) is 1.75. The van der Waals surface area contributed by atoms with Crippen molar-refractivity contribution in [3.63, 3.8) is 0 Å². The van der Waals surface area contributed by atoms with Gasteiger partial charge >= 0.3 is 5.97 Å². The van der Waals surface area contributed by atoms with Crippen LogP contribution in [0.1, 0.15) is 17.5 Å². The minimum Gasteiger partial charge on any atom is -0.481 e. The summed E-state index contributed by atoms with van der Waals surface area (Å²) < 4.78 is 32.7. The van der Waals surface area contributed by atoms with E-state index in [1.807, 2.05) is 42.5 Å². The zero-order valence-electron chi connectivity index (χ0n) is 20.4. The van der Waals surface area contributed by atoms with Gasteiger partial charge in [0.05, 0.1) is 17.9 Å². The van der Waals surface area contributed by atoms with Gasteiger partial charge in [0, 0.05) is 13.7 Å². The molecule has 0 aromatic heterocycles. The van der Waals surface area contributed by atoms with Crippen LogP contribution in [-0.4, -0.2) is 57.1 Å². The molecule has 0 heterocycles. The smallest absolute Gasteiger partial charge is 0.305 e. The number of fused-ring (bicyclic) bond motifs is 1. The van der Waals surface area contributed by atoms with E-state index in [2.05, 4.69) is 15.4 Å². The minimum absolute atomic E-state index is 0.123. The molecule has 10 nitrogen and oxygen atoms in total. The predicted molar refractivity (Wildman–Crippen MR) is 137 cm³/mol. The van der Waals surface area contributed by atoms with Crippen LogP contribution in [0.2, 0.25) is 0 Å². The number of ether oxygens (including phenoxy) is 1. The fourth-order valence-electron chi connectivity index (χ4n) is 3.71. The number of hydrogen-bond donors (Lipinski definition) is 4. The number of nitrogens with one attached hydrogen (secondary N) is 3. The summed E-state index contributed by atoms with van der Waals surface area (Å²) in [7, 11) is -2.87. The highest BCUT2D eigenvalue weighted by Crippen LogP contribution is 2.18. The van der Waals surface area contributed by atoms with Crippen LogP contribution in [0.4, 0.5) is 0 Å². The lowest BCUT2D eigenvalue weighted by molar-refractivity contribution is -0.140. The highest BCUT2D eigenvalue weighted by atomic mass is 32.2. The van der Waals surface area contributed by atoms with Crippen LogP contribution in [-0.2, 0) is 35.7 Å². The lowest BCUT2D eigenvalue weighted by Crippen LogP contribution is -2.55. The van der Waals surface area contributed by atoms with Gasteiger partial charge in [-0.15, -0.1) is 0 Å². The second kappa shape index (κ2) is 12.4. The maximum atomic E-state index is 12.9. The van der Waals surface area contributed by atoms with Gasteiger partial charge in [-0.25, -0.2) is 8.42 Å². The van der Waals surface area contributed by atoms with E-state index in [4.69, 9.17) is 4.74 Å². The number of aryl methyl sites for hydroxylation is 1. The second-order valence-corrected chi connectivity index (χ2v) is 10.2. The number of sulfonamides is 1. The van der Waals surface area contributed by atoms with E-state index in [9.17, 15) is 27.9 Å². The first-order valence-corrected chi connectivity index (χ1v) is 12.9. The van der Waals surface area contributed by atoms with E-state index in [-0.39, 0.29) is 18.0 Å². The van der Waals surface area contributed by atoms with Gasteiger partial charge in [0.25, 0.3) is 0 Å². The third-order valence-corrected chi connectivity index (χ3v) is 7.11. The molecule has 0 fully saturated rings. The summed E-state index contributed by atoms with van der Waals surface area (Å²) >= 11 is 0. The van der Waals surface area contributed by atoms with Gasteiger partial charge < -0.3 is 20.5 Å². The van der Waals surface area contributed by atoms with Crippen LogP contribution in [0.5, 0.6) is 0 Å². The van der Waals surface area contributed by atoms with Crippen molar-refractivity contribution in [1.29, 1.82) is 0 Å². The van der Waals surface area contributed by atoms with Crippen molar-refractivity contribution in [2.24, 2.45) is 0 Å². The number of aliphatic carboxylic acids is 1. The fraction of sp³-hybridized carbons (Fsp3) is 0.269. The standard InChI is InChI=1S/C26H29N3O7S/c1-17-10-12-20(13-11-17)37(34,35)29-22(14-24(30)31)26(33)28-23(16-36-2)25(32)27-15-19-8-5-7-18-6-3-4-9-21(18)19/h3-13,22-23,29H,14-16H2,1-2H3,(H,27,32)(H,28,33)(H,30,31)/t22-,23-/m0/s1. The molecule has 4 N–H and O–H groups in total. The molecule has 0 saturated carbocycles. The van der Waals surface area contributed by atoms with Gasteiger partial charge in [-0.05, 0) is 35.4 Å². The molecule has 0 unspecified atom stereocenters. The molecule has 0 spiro atoms. The number of hydrogen-bond acceptors (Lipinski definition) is 6. The van der Waals surface area contributed by atoms with Gasteiger partial charge in [-0.2, -0.15) is 4.72 Å². The molecule has 0 radical (unpaired) electrons. The minimum atomic E-state index is -4.21. The van der Waals surface area contributed by atoms with Crippen LogP contribution in [0.15, 0.2) is 71.6 Å². The molecule has 0 bridgehead atoms. The Bertz CT molecular complexity index is 1370. The molecular weight excluding hydrogens is 498 g/mol. The summed E-state index contributed by atoms with van der Waals surface area (Å²) in [6, 6.07) is 16.4. The van der Waals surface area contributed by atoms with Crippen molar-refractivity contribution in [3.8, 4) is 0 Å². The summed E-state index contributed by atoms with van der Waals surface area (Å²) in [5, 5.41) is 16.4. The third kappa shape index (κ3) is 7.59. The number of amides is 2. The molecule has 2 amide bonds. The summed E-state index contributed by atoms with van der Waals surface area (Å²) in [5.74, 6) is -2.94.